The molecule has 0 radical (unpaired) electrons. The molecule has 0 aromatic heterocycles. The van der Waals surface area contributed by atoms with Crippen LogP contribution in [-0.4, -0.2) is 27.6 Å². The molecular weight excluding hydrogens is 324 g/mol. The van der Waals surface area contributed by atoms with E-state index < -0.39 is 8.32 Å². The average Bonchev–Trinajstić information content (AvgIpc) is 3.40. The van der Waals surface area contributed by atoms with Crippen LogP contribution in [0.4, 0.5) is 0 Å². The molecule has 0 saturated carbocycles. The average molecular weight is 355 g/mol. The monoisotopic (exact) mass is 354 g/mol. The van der Waals surface area contributed by atoms with Gasteiger partial charge in [0.25, 0.3) is 8.32 Å². The highest BCUT2D eigenvalue weighted by atomic mass is 28.4. The molecule has 1 heterocycles. The Labute approximate surface area is 153 Å². The lowest BCUT2D eigenvalue weighted by molar-refractivity contribution is 0.226. The highest BCUT2D eigenvalue weighted by Crippen LogP contribution is 2.37. The van der Waals surface area contributed by atoms with Gasteiger partial charge in [0.05, 0.1) is 12.7 Å². The van der Waals surface area contributed by atoms with Crippen LogP contribution in [0.5, 0.6) is 0 Å². The first-order chi connectivity index (χ1) is 11.9. The van der Waals surface area contributed by atoms with E-state index in [0.717, 1.165) is 19.6 Å². The molecule has 2 aromatic carbocycles. The van der Waals surface area contributed by atoms with Crippen molar-refractivity contribution in [3.63, 3.8) is 0 Å². The van der Waals surface area contributed by atoms with E-state index in [1.165, 1.54) is 10.4 Å². The summed E-state index contributed by atoms with van der Waals surface area (Å²) < 4.78 is 12.3. The lowest BCUT2D eigenvalue weighted by Crippen LogP contribution is -2.66. The second-order valence-corrected chi connectivity index (χ2v) is 12.6. The van der Waals surface area contributed by atoms with Crippen LogP contribution >= 0.6 is 0 Å². The van der Waals surface area contributed by atoms with Crippen molar-refractivity contribution in [2.75, 3.05) is 13.2 Å². The molecule has 0 amide bonds. The van der Waals surface area contributed by atoms with Crippen molar-refractivity contribution in [3.05, 3.63) is 60.7 Å². The summed E-state index contributed by atoms with van der Waals surface area (Å²) >= 11 is 0. The third kappa shape index (κ3) is 4.05. The summed E-state index contributed by atoms with van der Waals surface area (Å²) in [5.41, 5.74) is 0. The van der Waals surface area contributed by atoms with Gasteiger partial charge >= 0.3 is 0 Å². The van der Waals surface area contributed by atoms with E-state index in [1.54, 1.807) is 0 Å². The zero-order valence-electron chi connectivity index (χ0n) is 15.9. The molecule has 3 heteroatoms. The van der Waals surface area contributed by atoms with Crippen LogP contribution in [0.2, 0.25) is 5.04 Å². The van der Waals surface area contributed by atoms with Gasteiger partial charge in [0, 0.05) is 6.61 Å². The van der Waals surface area contributed by atoms with Crippen LogP contribution in [0.15, 0.2) is 60.7 Å². The van der Waals surface area contributed by atoms with Crippen molar-refractivity contribution in [2.24, 2.45) is 5.92 Å². The summed E-state index contributed by atoms with van der Waals surface area (Å²) in [6, 6.07) is 21.7. The largest absolute Gasteiger partial charge is 0.407 e. The Kier molecular flexibility index (Phi) is 5.47. The van der Waals surface area contributed by atoms with E-state index in [2.05, 4.69) is 88.4 Å². The molecule has 2 atom stereocenters. The molecule has 1 aliphatic rings. The number of benzene rings is 2. The van der Waals surface area contributed by atoms with Gasteiger partial charge in [-0.15, -0.1) is 0 Å². The third-order valence-electron chi connectivity index (χ3n) is 5.07. The molecule has 1 aliphatic heterocycles. The normalized spacial score (nSPS) is 18.8. The lowest BCUT2D eigenvalue weighted by atomic mass is 10.1. The summed E-state index contributed by atoms with van der Waals surface area (Å²) in [6.07, 6.45) is 1.55. The summed E-state index contributed by atoms with van der Waals surface area (Å²) in [7, 11) is -2.38. The Morgan fingerprint density at radius 2 is 1.48 bits per heavy atom. The molecule has 0 bridgehead atoms. The second-order valence-electron chi connectivity index (χ2n) is 8.27. The molecule has 1 saturated heterocycles. The maximum absolute atomic E-state index is 6.94. The predicted octanol–water partition coefficient (Wildman–Crippen LogP) is 3.99. The Morgan fingerprint density at radius 3 is 1.88 bits per heavy atom. The first kappa shape index (κ1) is 18.4. The van der Waals surface area contributed by atoms with Crippen molar-refractivity contribution in [3.8, 4) is 0 Å². The van der Waals surface area contributed by atoms with Crippen molar-refractivity contribution in [2.45, 2.75) is 45.3 Å². The summed E-state index contributed by atoms with van der Waals surface area (Å²) in [5.74, 6) is 0.508. The van der Waals surface area contributed by atoms with Gasteiger partial charge in [0.15, 0.2) is 0 Å². The quantitative estimate of drug-likeness (QED) is 0.554. The zero-order valence-corrected chi connectivity index (χ0v) is 16.9. The van der Waals surface area contributed by atoms with Crippen molar-refractivity contribution in [1.82, 2.24) is 0 Å². The highest BCUT2D eigenvalue weighted by molar-refractivity contribution is 6.99. The number of hydrogen-bond acceptors (Lipinski definition) is 2. The van der Waals surface area contributed by atoms with Gasteiger partial charge in [-0.05, 0) is 27.8 Å². The molecule has 3 rings (SSSR count). The molecular formula is C22H30O2Si. The topological polar surface area (TPSA) is 21.8 Å². The zero-order chi connectivity index (χ0) is 17.9. The second kappa shape index (κ2) is 7.44. The van der Waals surface area contributed by atoms with Crippen LogP contribution in [0, 0.1) is 5.92 Å². The number of hydrogen-bond donors (Lipinski definition) is 0. The molecule has 0 unspecified atom stereocenters. The predicted molar refractivity (Wildman–Crippen MR) is 107 cm³/mol. The standard InChI is InChI=1S/C22H30O2Si/c1-18(15-19-17-23-19)16-24-25(22(2,3)4,20-11-7-5-8-12-20)21-13-9-6-10-14-21/h5-14,18-19H,15-17H2,1-4H3/t18-,19-/m0/s1. The van der Waals surface area contributed by atoms with Crippen LogP contribution in [-0.2, 0) is 9.16 Å². The minimum atomic E-state index is -2.38. The van der Waals surface area contributed by atoms with Gasteiger partial charge in [-0.2, -0.15) is 0 Å². The molecule has 25 heavy (non-hydrogen) atoms. The van der Waals surface area contributed by atoms with E-state index >= 15 is 0 Å². The first-order valence-electron chi connectivity index (χ1n) is 9.30. The van der Waals surface area contributed by atoms with E-state index in [0.29, 0.717) is 12.0 Å². The Balaban J connectivity index is 1.99. The minimum Gasteiger partial charge on any atom is -0.407 e. The molecule has 1 fully saturated rings. The fraction of sp³-hybridized carbons (Fsp3) is 0.455. The fourth-order valence-electron chi connectivity index (χ4n) is 3.75. The SMILES string of the molecule is C[C@H](CO[Si](c1ccccc1)(c1ccccc1)C(C)(C)C)C[C@H]1CO1. The van der Waals surface area contributed by atoms with E-state index in [9.17, 15) is 0 Å². The van der Waals surface area contributed by atoms with Crippen LogP contribution < -0.4 is 10.4 Å². The Morgan fingerprint density at radius 1 is 1.00 bits per heavy atom. The number of epoxide rings is 1. The molecule has 0 aliphatic carbocycles. The third-order valence-corrected chi connectivity index (χ3v) is 10.1. The molecule has 0 N–H and O–H groups in total. The van der Waals surface area contributed by atoms with Gasteiger partial charge in [0.1, 0.15) is 0 Å². The van der Waals surface area contributed by atoms with Gasteiger partial charge in [-0.1, -0.05) is 88.4 Å². The van der Waals surface area contributed by atoms with Crippen LogP contribution in [0.3, 0.4) is 0 Å². The van der Waals surface area contributed by atoms with E-state index in [4.69, 9.17) is 9.16 Å². The summed E-state index contributed by atoms with van der Waals surface area (Å²) in [4.78, 5) is 0. The molecule has 2 nitrogen and oxygen atoms in total. The van der Waals surface area contributed by atoms with Crippen molar-refractivity contribution in [1.29, 1.82) is 0 Å². The lowest BCUT2D eigenvalue weighted by Gasteiger charge is -2.43. The van der Waals surface area contributed by atoms with E-state index in [1.807, 2.05) is 0 Å². The van der Waals surface area contributed by atoms with Gasteiger partial charge in [0.2, 0.25) is 0 Å². The number of rotatable bonds is 7. The summed E-state index contributed by atoms with van der Waals surface area (Å²) in [5, 5.41) is 2.75. The molecule has 0 spiro atoms. The summed E-state index contributed by atoms with van der Waals surface area (Å²) in [6.45, 7) is 11.0. The van der Waals surface area contributed by atoms with Crippen LogP contribution in [0.25, 0.3) is 0 Å². The molecule has 2 aromatic rings. The number of ether oxygens (including phenoxy) is 1. The fourth-order valence-corrected chi connectivity index (χ4v) is 8.44. The Hall–Kier alpha value is -1.42. The minimum absolute atomic E-state index is 0.0471. The van der Waals surface area contributed by atoms with Gasteiger partial charge < -0.3 is 9.16 Å². The van der Waals surface area contributed by atoms with Crippen LogP contribution in [0.1, 0.15) is 34.1 Å². The van der Waals surface area contributed by atoms with Gasteiger partial charge in [-0.25, -0.2) is 0 Å². The van der Waals surface area contributed by atoms with Gasteiger partial charge in [-0.3, -0.25) is 0 Å². The molecule has 134 valence electrons. The maximum atomic E-state index is 6.94. The highest BCUT2D eigenvalue weighted by Gasteiger charge is 2.50. The first-order valence-corrected chi connectivity index (χ1v) is 11.2. The van der Waals surface area contributed by atoms with Crippen molar-refractivity contribution >= 4 is 18.7 Å². The Bertz CT molecular complexity index is 620. The van der Waals surface area contributed by atoms with E-state index in [-0.39, 0.29) is 5.04 Å². The maximum Gasteiger partial charge on any atom is 0.261 e. The smallest absolute Gasteiger partial charge is 0.261 e. The van der Waals surface area contributed by atoms with Crippen molar-refractivity contribution < 1.29 is 9.16 Å².